The second kappa shape index (κ2) is 10.8. The molecule has 0 spiro atoms. The highest BCUT2D eigenvalue weighted by Crippen LogP contribution is 2.45. The van der Waals surface area contributed by atoms with Gasteiger partial charge in [0.25, 0.3) is 0 Å². The van der Waals surface area contributed by atoms with Crippen LogP contribution in [0.4, 0.5) is 10.8 Å². The lowest BCUT2D eigenvalue weighted by Crippen LogP contribution is -2.24. The number of carbonyl (C=O) groups excluding carboxylic acids is 1. The lowest BCUT2D eigenvalue weighted by molar-refractivity contribution is -0.116. The summed E-state index contributed by atoms with van der Waals surface area (Å²) < 4.78 is 6.15. The molecule has 1 aliphatic rings. The minimum absolute atomic E-state index is 0.00129. The number of nitrogens with two attached hydrogens (primary N) is 1. The topological polar surface area (TPSA) is 114 Å². The van der Waals surface area contributed by atoms with Crippen LogP contribution in [-0.4, -0.2) is 49.2 Å². The molecule has 4 aromatic rings. The Hall–Kier alpha value is -2.89. The van der Waals surface area contributed by atoms with Crippen LogP contribution >= 0.6 is 22.7 Å². The largest absolute Gasteiger partial charge is 0.384 e. The molecule has 35 heavy (non-hydrogen) atoms. The Morgan fingerprint density at radius 2 is 2.09 bits per heavy atom. The van der Waals surface area contributed by atoms with E-state index >= 15 is 0 Å². The molecule has 8 nitrogen and oxygen atoms in total. The first-order valence-electron chi connectivity index (χ1n) is 11.6. The van der Waals surface area contributed by atoms with Crippen LogP contribution in [0.2, 0.25) is 0 Å². The summed E-state index contributed by atoms with van der Waals surface area (Å²) in [6, 6.07) is 10.1. The van der Waals surface area contributed by atoms with Crippen molar-refractivity contribution in [3.8, 4) is 21.7 Å². The van der Waals surface area contributed by atoms with Gasteiger partial charge in [-0.05, 0) is 53.9 Å². The first-order valence-corrected chi connectivity index (χ1v) is 13.2. The molecule has 0 saturated heterocycles. The van der Waals surface area contributed by atoms with Gasteiger partial charge in [0.05, 0.1) is 16.8 Å². The highest BCUT2D eigenvalue weighted by atomic mass is 32.1. The second-order valence-electron chi connectivity index (χ2n) is 8.35. The van der Waals surface area contributed by atoms with Gasteiger partial charge >= 0.3 is 0 Å². The molecule has 0 fully saturated rings. The van der Waals surface area contributed by atoms with Gasteiger partial charge in [0.2, 0.25) is 5.91 Å². The van der Waals surface area contributed by atoms with Gasteiger partial charge in [-0.2, -0.15) is 0 Å². The van der Waals surface area contributed by atoms with E-state index in [-0.39, 0.29) is 5.91 Å². The SMILES string of the molecule is COCCNCCC(=O)Nc1sc2c(c1-c1nc3cc(-c4ccnc(N)c4)ccc3s1)CCNC2. The highest BCUT2D eigenvalue weighted by molar-refractivity contribution is 7.23. The number of aromatic nitrogens is 2. The average molecular weight is 509 g/mol. The van der Waals surface area contributed by atoms with E-state index in [0.29, 0.717) is 25.4 Å². The number of ether oxygens (including phenoxy) is 1. The number of carbonyl (C=O) groups is 1. The summed E-state index contributed by atoms with van der Waals surface area (Å²) in [6.45, 7) is 3.71. The fourth-order valence-electron chi connectivity index (χ4n) is 4.18. The van der Waals surface area contributed by atoms with Crippen molar-refractivity contribution in [1.82, 2.24) is 20.6 Å². The van der Waals surface area contributed by atoms with Crippen LogP contribution in [-0.2, 0) is 22.5 Å². The molecule has 1 aliphatic heterocycles. The molecule has 0 radical (unpaired) electrons. The third-order valence-electron chi connectivity index (χ3n) is 5.91. The lowest BCUT2D eigenvalue weighted by Gasteiger charge is -2.13. The van der Waals surface area contributed by atoms with Gasteiger partial charge in [-0.1, -0.05) is 6.07 Å². The highest BCUT2D eigenvalue weighted by Gasteiger charge is 2.25. The Balaban J connectivity index is 1.43. The van der Waals surface area contributed by atoms with E-state index in [4.69, 9.17) is 15.5 Å². The maximum Gasteiger partial charge on any atom is 0.226 e. The number of methoxy groups -OCH3 is 1. The molecule has 0 saturated carbocycles. The second-order valence-corrected chi connectivity index (χ2v) is 10.5. The molecular formula is C25H28N6O2S2. The molecule has 0 aliphatic carbocycles. The minimum Gasteiger partial charge on any atom is -0.384 e. The van der Waals surface area contributed by atoms with Crippen LogP contribution in [0, 0.1) is 0 Å². The number of nitrogens with one attached hydrogen (secondary N) is 3. The molecule has 1 amide bonds. The van der Waals surface area contributed by atoms with Crippen molar-refractivity contribution < 1.29 is 9.53 Å². The van der Waals surface area contributed by atoms with Crippen LogP contribution in [0.15, 0.2) is 36.5 Å². The number of pyridine rings is 1. The lowest BCUT2D eigenvalue weighted by atomic mass is 10.0. The van der Waals surface area contributed by atoms with Gasteiger partial charge in [-0.3, -0.25) is 4.79 Å². The summed E-state index contributed by atoms with van der Waals surface area (Å²) in [5.74, 6) is 0.496. The molecule has 182 valence electrons. The van der Waals surface area contributed by atoms with Crippen molar-refractivity contribution in [2.45, 2.75) is 19.4 Å². The van der Waals surface area contributed by atoms with E-state index in [1.807, 2.05) is 12.1 Å². The van der Waals surface area contributed by atoms with Gasteiger partial charge in [0.15, 0.2) is 0 Å². The molecule has 5 rings (SSSR count). The van der Waals surface area contributed by atoms with E-state index in [2.05, 4.69) is 39.1 Å². The number of benzene rings is 1. The number of thiazole rings is 1. The van der Waals surface area contributed by atoms with Crippen molar-refractivity contribution in [1.29, 1.82) is 0 Å². The Morgan fingerprint density at radius 3 is 2.94 bits per heavy atom. The summed E-state index contributed by atoms with van der Waals surface area (Å²) in [6.07, 6.45) is 3.05. The maximum absolute atomic E-state index is 12.7. The number of hydrogen-bond donors (Lipinski definition) is 4. The molecule has 3 aromatic heterocycles. The van der Waals surface area contributed by atoms with Gasteiger partial charge in [0, 0.05) is 49.8 Å². The fourth-order valence-corrected chi connectivity index (χ4v) is 6.51. The van der Waals surface area contributed by atoms with E-state index in [1.54, 1.807) is 36.0 Å². The minimum atomic E-state index is 0.00129. The Labute approximate surface area is 211 Å². The molecule has 5 N–H and O–H groups in total. The van der Waals surface area contributed by atoms with Crippen molar-refractivity contribution in [3.05, 3.63) is 47.0 Å². The number of nitrogen functional groups attached to an aromatic ring is 1. The quantitative estimate of drug-likeness (QED) is 0.254. The maximum atomic E-state index is 12.7. The molecule has 0 bridgehead atoms. The first-order chi connectivity index (χ1) is 17.1. The third kappa shape index (κ3) is 5.36. The summed E-state index contributed by atoms with van der Waals surface area (Å²) in [7, 11) is 1.67. The van der Waals surface area contributed by atoms with Crippen molar-refractivity contribution in [2.24, 2.45) is 0 Å². The van der Waals surface area contributed by atoms with Gasteiger partial charge in [-0.15, -0.1) is 22.7 Å². The van der Waals surface area contributed by atoms with Crippen LogP contribution in [0.3, 0.4) is 0 Å². The number of hydrogen-bond acceptors (Lipinski definition) is 9. The number of amides is 1. The zero-order chi connectivity index (χ0) is 24.2. The molecule has 0 unspecified atom stereocenters. The van der Waals surface area contributed by atoms with Crippen molar-refractivity contribution in [2.75, 3.05) is 44.4 Å². The fraction of sp³-hybridized carbons (Fsp3) is 0.320. The monoisotopic (exact) mass is 508 g/mol. The zero-order valence-electron chi connectivity index (χ0n) is 19.5. The number of rotatable bonds is 9. The summed E-state index contributed by atoms with van der Waals surface area (Å²) in [5, 5.41) is 11.7. The van der Waals surface area contributed by atoms with E-state index in [9.17, 15) is 4.79 Å². The number of nitrogens with zero attached hydrogens (tertiary/aromatic N) is 2. The number of fused-ring (bicyclic) bond motifs is 2. The summed E-state index contributed by atoms with van der Waals surface area (Å²) >= 11 is 3.32. The van der Waals surface area contributed by atoms with Crippen LogP contribution in [0.25, 0.3) is 31.9 Å². The van der Waals surface area contributed by atoms with E-state index < -0.39 is 0 Å². The van der Waals surface area contributed by atoms with Gasteiger partial charge in [-0.25, -0.2) is 9.97 Å². The van der Waals surface area contributed by atoms with Gasteiger partial charge < -0.3 is 26.4 Å². The smallest absolute Gasteiger partial charge is 0.226 e. The molecule has 4 heterocycles. The van der Waals surface area contributed by atoms with Crippen molar-refractivity contribution >= 4 is 49.6 Å². The Bertz CT molecular complexity index is 1350. The Morgan fingerprint density at radius 1 is 1.20 bits per heavy atom. The predicted octanol–water partition coefficient (Wildman–Crippen LogP) is 3.88. The first kappa shape index (κ1) is 23.8. The standard InChI is InChI=1S/C25H28N6O2S2/c1-33-11-10-27-8-6-22(32)31-25-23(17-5-7-28-14-20(17)35-25)24-30-18-12-15(2-3-19(18)34-24)16-4-9-29-21(26)13-16/h2-4,9,12-13,27-28H,5-8,10-11,14H2,1H3,(H2,26,29)(H,31,32). The third-order valence-corrected chi connectivity index (χ3v) is 8.11. The summed E-state index contributed by atoms with van der Waals surface area (Å²) in [4.78, 5) is 23.1. The number of thiophene rings is 1. The van der Waals surface area contributed by atoms with Crippen LogP contribution in [0.1, 0.15) is 16.9 Å². The normalized spacial score (nSPS) is 13.2. The molecular weight excluding hydrogens is 480 g/mol. The van der Waals surface area contributed by atoms with Gasteiger partial charge in [0.1, 0.15) is 15.8 Å². The number of anilines is 2. The molecule has 0 atom stereocenters. The zero-order valence-corrected chi connectivity index (χ0v) is 21.2. The predicted molar refractivity (Wildman–Crippen MR) is 144 cm³/mol. The summed E-state index contributed by atoms with van der Waals surface area (Å²) in [5.41, 5.74) is 11.2. The van der Waals surface area contributed by atoms with E-state index in [1.165, 1.54) is 10.4 Å². The molecule has 10 heteroatoms. The molecule has 1 aromatic carbocycles. The van der Waals surface area contributed by atoms with Crippen molar-refractivity contribution in [3.63, 3.8) is 0 Å². The Kier molecular flexibility index (Phi) is 7.35. The van der Waals surface area contributed by atoms with E-state index in [0.717, 1.165) is 63.0 Å². The average Bonchev–Trinajstić information content (AvgIpc) is 3.43. The van der Waals surface area contributed by atoms with Crippen LogP contribution in [0.5, 0.6) is 0 Å². The van der Waals surface area contributed by atoms with Crippen LogP contribution < -0.4 is 21.7 Å².